The Bertz CT molecular complexity index is 743. The van der Waals surface area contributed by atoms with Crippen LogP contribution in [0.3, 0.4) is 0 Å². The summed E-state index contributed by atoms with van der Waals surface area (Å²) in [7, 11) is 1.64. The number of alkyl halides is 2. The van der Waals surface area contributed by atoms with E-state index >= 15 is 0 Å². The Morgan fingerprint density at radius 3 is 2.81 bits per heavy atom. The van der Waals surface area contributed by atoms with Gasteiger partial charge in [0.2, 0.25) is 0 Å². The van der Waals surface area contributed by atoms with Gasteiger partial charge < -0.3 is 19.9 Å². The van der Waals surface area contributed by atoms with Crippen LogP contribution >= 0.6 is 39.9 Å². The minimum atomic E-state index is -2.87. The molecule has 0 aliphatic heterocycles. The summed E-state index contributed by atoms with van der Waals surface area (Å²) in [5.74, 6) is 1.60. The first-order valence-electron chi connectivity index (χ1n) is 8.08. The van der Waals surface area contributed by atoms with Crippen LogP contribution in [0.1, 0.15) is 18.3 Å². The van der Waals surface area contributed by atoms with Gasteiger partial charge in [0, 0.05) is 43.1 Å². The summed E-state index contributed by atoms with van der Waals surface area (Å²) in [6.45, 7) is 0.736. The van der Waals surface area contributed by atoms with Crippen molar-refractivity contribution >= 4 is 45.9 Å². The lowest BCUT2D eigenvalue weighted by molar-refractivity contribution is -0.0504. The molecule has 0 saturated carbocycles. The standard InChI is InChI=1S/C16H21BrF2N6O.HI/c1-3-14-24-23-10-25(14)7-6-21-16(20-2)22-9-11-8-12(17)4-5-13(11)26-15(18)19;/h4-5,8,10,15H,3,6-7,9H2,1-2H3,(H2,20,21,22);1H. The number of rotatable bonds is 8. The van der Waals surface area contributed by atoms with Crippen molar-refractivity contribution in [2.75, 3.05) is 13.6 Å². The van der Waals surface area contributed by atoms with Gasteiger partial charge in [0.15, 0.2) is 5.96 Å². The van der Waals surface area contributed by atoms with Crippen molar-refractivity contribution in [2.45, 2.75) is 33.0 Å². The molecule has 0 bridgehead atoms. The molecule has 150 valence electrons. The van der Waals surface area contributed by atoms with Gasteiger partial charge in [-0.1, -0.05) is 22.9 Å². The molecule has 2 aromatic rings. The van der Waals surface area contributed by atoms with Crippen LogP contribution in [-0.2, 0) is 19.5 Å². The van der Waals surface area contributed by atoms with E-state index in [0.717, 1.165) is 16.7 Å². The minimum absolute atomic E-state index is 0. The Labute approximate surface area is 182 Å². The van der Waals surface area contributed by atoms with Crippen molar-refractivity contribution in [3.63, 3.8) is 0 Å². The molecule has 0 atom stereocenters. The number of benzene rings is 1. The topological polar surface area (TPSA) is 76.4 Å². The molecule has 1 heterocycles. The second-order valence-electron chi connectivity index (χ2n) is 5.28. The molecule has 11 heteroatoms. The van der Waals surface area contributed by atoms with Crippen molar-refractivity contribution in [3.8, 4) is 5.75 Å². The first-order chi connectivity index (χ1) is 12.5. The normalized spacial score (nSPS) is 11.3. The zero-order valence-corrected chi connectivity index (χ0v) is 18.9. The van der Waals surface area contributed by atoms with E-state index in [1.165, 1.54) is 6.07 Å². The minimum Gasteiger partial charge on any atom is -0.434 e. The second-order valence-corrected chi connectivity index (χ2v) is 6.19. The lowest BCUT2D eigenvalue weighted by atomic mass is 10.2. The van der Waals surface area contributed by atoms with Crippen LogP contribution in [-0.4, -0.2) is 40.9 Å². The molecule has 7 nitrogen and oxygen atoms in total. The smallest absolute Gasteiger partial charge is 0.387 e. The Balaban J connectivity index is 0.00000364. The molecule has 0 unspecified atom stereocenters. The number of hydrogen-bond donors (Lipinski definition) is 2. The van der Waals surface area contributed by atoms with Crippen LogP contribution in [0.15, 0.2) is 34.0 Å². The number of halogens is 4. The average Bonchev–Trinajstić information content (AvgIpc) is 3.07. The molecule has 0 fully saturated rings. The number of aromatic nitrogens is 3. The highest BCUT2D eigenvalue weighted by Crippen LogP contribution is 2.24. The molecule has 2 N–H and O–H groups in total. The number of aliphatic imine (C=N–C) groups is 1. The third-order valence-corrected chi connectivity index (χ3v) is 4.06. The third kappa shape index (κ3) is 7.56. The largest absolute Gasteiger partial charge is 0.434 e. The highest BCUT2D eigenvalue weighted by atomic mass is 127. The number of hydrogen-bond acceptors (Lipinski definition) is 4. The maximum absolute atomic E-state index is 12.5. The van der Waals surface area contributed by atoms with Gasteiger partial charge in [0.25, 0.3) is 0 Å². The SMILES string of the molecule is CCc1nncn1CCNC(=NC)NCc1cc(Br)ccc1OC(F)F.I. The first kappa shape index (κ1) is 23.5. The van der Waals surface area contributed by atoms with E-state index in [4.69, 9.17) is 0 Å². The Kier molecular flexibility index (Phi) is 10.5. The summed E-state index contributed by atoms with van der Waals surface area (Å²) in [5.41, 5.74) is 0.592. The van der Waals surface area contributed by atoms with Gasteiger partial charge in [-0.2, -0.15) is 8.78 Å². The number of guanidine groups is 1. The second kappa shape index (κ2) is 12.1. The quantitative estimate of drug-likeness (QED) is 0.296. The predicted octanol–water partition coefficient (Wildman–Crippen LogP) is 3.19. The molecule has 0 amide bonds. The van der Waals surface area contributed by atoms with Gasteiger partial charge in [-0.15, -0.1) is 34.2 Å². The summed E-state index contributed by atoms with van der Waals surface area (Å²) in [6.07, 6.45) is 2.49. The summed E-state index contributed by atoms with van der Waals surface area (Å²) in [5, 5.41) is 14.2. The van der Waals surface area contributed by atoms with Crippen LogP contribution in [0.4, 0.5) is 8.78 Å². The van der Waals surface area contributed by atoms with E-state index in [1.807, 2.05) is 11.5 Å². The fraction of sp³-hybridized carbons (Fsp3) is 0.438. The average molecular weight is 559 g/mol. The van der Waals surface area contributed by atoms with Crippen molar-refractivity contribution < 1.29 is 13.5 Å². The number of ether oxygens (including phenoxy) is 1. The van der Waals surface area contributed by atoms with Gasteiger partial charge in [0.05, 0.1) is 0 Å². The molecule has 0 aliphatic rings. The third-order valence-electron chi connectivity index (χ3n) is 3.57. The zero-order valence-electron chi connectivity index (χ0n) is 15.0. The molecule has 1 aromatic carbocycles. The van der Waals surface area contributed by atoms with E-state index in [9.17, 15) is 8.78 Å². The molecule has 0 aliphatic carbocycles. The molecule has 1 aromatic heterocycles. The maximum Gasteiger partial charge on any atom is 0.387 e. The number of nitrogens with zero attached hydrogens (tertiary/aromatic N) is 4. The van der Waals surface area contributed by atoms with Crippen molar-refractivity contribution in [3.05, 3.63) is 40.4 Å². The van der Waals surface area contributed by atoms with Gasteiger partial charge in [-0.05, 0) is 18.2 Å². The van der Waals surface area contributed by atoms with Crippen LogP contribution in [0.25, 0.3) is 0 Å². The van der Waals surface area contributed by atoms with E-state index in [0.29, 0.717) is 24.6 Å². The molecular weight excluding hydrogens is 537 g/mol. The van der Waals surface area contributed by atoms with Gasteiger partial charge in [0.1, 0.15) is 17.9 Å². The van der Waals surface area contributed by atoms with Crippen molar-refractivity contribution in [1.29, 1.82) is 0 Å². The van der Waals surface area contributed by atoms with Crippen LogP contribution in [0.2, 0.25) is 0 Å². The number of aryl methyl sites for hydroxylation is 1. The molecule has 0 saturated heterocycles. The summed E-state index contributed by atoms with van der Waals surface area (Å²) >= 11 is 3.33. The zero-order chi connectivity index (χ0) is 18.9. The molecular formula is C16H22BrF2IN6O. The summed E-state index contributed by atoms with van der Waals surface area (Å²) in [4.78, 5) is 4.13. The maximum atomic E-state index is 12.5. The summed E-state index contributed by atoms with van der Waals surface area (Å²) in [6, 6.07) is 4.88. The van der Waals surface area contributed by atoms with E-state index in [1.54, 1.807) is 25.5 Å². The molecule has 27 heavy (non-hydrogen) atoms. The van der Waals surface area contributed by atoms with Crippen LogP contribution in [0.5, 0.6) is 5.75 Å². The molecule has 0 spiro atoms. The molecule has 0 radical (unpaired) electrons. The van der Waals surface area contributed by atoms with E-state index in [-0.39, 0.29) is 36.3 Å². The van der Waals surface area contributed by atoms with Crippen LogP contribution in [0, 0.1) is 0 Å². The van der Waals surface area contributed by atoms with Crippen molar-refractivity contribution in [1.82, 2.24) is 25.4 Å². The van der Waals surface area contributed by atoms with Gasteiger partial charge in [-0.25, -0.2) is 0 Å². The highest BCUT2D eigenvalue weighted by molar-refractivity contribution is 14.0. The molecule has 2 rings (SSSR count). The fourth-order valence-electron chi connectivity index (χ4n) is 2.33. The fourth-order valence-corrected chi connectivity index (χ4v) is 2.74. The number of nitrogens with one attached hydrogen (secondary N) is 2. The lowest BCUT2D eigenvalue weighted by Crippen LogP contribution is -2.38. The Morgan fingerprint density at radius 1 is 1.37 bits per heavy atom. The lowest BCUT2D eigenvalue weighted by Gasteiger charge is -2.15. The summed E-state index contributed by atoms with van der Waals surface area (Å²) < 4.78 is 32.3. The van der Waals surface area contributed by atoms with E-state index < -0.39 is 6.61 Å². The van der Waals surface area contributed by atoms with Crippen LogP contribution < -0.4 is 15.4 Å². The predicted molar refractivity (Wildman–Crippen MR) is 114 cm³/mol. The van der Waals surface area contributed by atoms with Gasteiger partial charge >= 0.3 is 6.61 Å². The Hall–Kier alpha value is -1.50. The van der Waals surface area contributed by atoms with Crippen molar-refractivity contribution in [2.24, 2.45) is 4.99 Å². The first-order valence-corrected chi connectivity index (χ1v) is 8.87. The van der Waals surface area contributed by atoms with Gasteiger partial charge in [-0.3, -0.25) is 4.99 Å². The Morgan fingerprint density at radius 2 is 2.15 bits per heavy atom. The monoisotopic (exact) mass is 558 g/mol. The highest BCUT2D eigenvalue weighted by Gasteiger charge is 2.11. The van der Waals surface area contributed by atoms with E-state index in [2.05, 4.69) is 46.5 Å².